The summed E-state index contributed by atoms with van der Waals surface area (Å²) in [6, 6.07) is 25.9. The van der Waals surface area contributed by atoms with Gasteiger partial charge in [-0.05, 0) is 36.4 Å². The van der Waals surface area contributed by atoms with Gasteiger partial charge < -0.3 is 10.1 Å². The van der Waals surface area contributed by atoms with Crippen LogP contribution in [0, 0.1) is 0 Å². The lowest BCUT2D eigenvalue weighted by Gasteiger charge is -2.05. The molecule has 0 atom stereocenters. The van der Waals surface area contributed by atoms with E-state index in [-0.39, 0.29) is 0 Å². The predicted molar refractivity (Wildman–Crippen MR) is 117 cm³/mol. The zero-order valence-electron chi connectivity index (χ0n) is 15.7. The van der Waals surface area contributed by atoms with Crippen molar-refractivity contribution in [2.75, 3.05) is 17.7 Å². The number of rotatable bonds is 5. The van der Waals surface area contributed by atoms with E-state index in [4.69, 9.17) is 14.7 Å². The third kappa shape index (κ3) is 3.43. The fourth-order valence-corrected chi connectivity index (χ4v) is 4.16. The van der Waals surface area contributed by atoms with E-state index < -0.39 is 0 Å². The van der Waals surface area contributed by atoms with Crippen LogP contribution in [-0.2, 0) is 0 Å². The molecule has 0 bridgehead atoms. The summed E-state index contributed by atoms with van der Waals surface area (Å²) in [5, 5.41) is 6.72. The number of hydrogen-bond acceptors (Lipinski definition) is 6. The molecule has 0 unspecified atom stereocenters. The van der Waals surface area contributed by atoms with Crippen molar-refractivity contribution in [3.05, 3.63) is 78.9 Å². The molecule has 2 aromatic heterocycles. The van der Waals surface area contributed by atoms with E-state index in [1.807, 2.05) is 83.3 Å². The zero-order chi connectivity index (χ0) is 19.6. The Kier molecular flexibility index (Phi) is 4.42. The maximum atomic E-state index is 5.38. The maximum Gasteiger partial charge on any atom is 0.362 e. The summed E-state index contributed by atoms with van der Waals surface area (Å²) in [6.45, 7) is 0. The van der Waals surface area contributed by atoms with Crippen molar-refractivity contribution in [3.8, 4) is 5.75 Å². The second-order valence-electron chi connectivity index (χ2n) is 6.41. The van der Waals surface area contributed by atoms with Crippen LogP contribution in [0.25, 0.3) is 15.2 Å². The molecule has 0 saturated carbocycles. The van der Waals surface area contributed by atoms with Crippen molar-refractivity contribution in [2.24, 2.45) is 0 Å². The molecule has 0 aliphatic rings. The number of nitrogens with one attached hydrogen (secondary N) is 2. The van der Waals surface area contributed by atoms with E-state index in [1.165, 1.54) is 0 Å². The molecular formula is C22H18N5OS+. The molecule has 2 N–H and O–H groups in total. The lowest BCUT2D eigenvalue weighted by Crippen LogP contribution is -2.27. The number of benzene rings is 3. The van der Waals surface area contributed by atoms with Crippen LogP contribution in [0.5, 0.6) is 5.75 Å². The number of anilines is 4. The number of fused-ring (bicyclic) bond motifs is 3. The lowest BCUT2D eigenvalue weighted by atomic mass is 10.3. The zero-order valence-corrected chi connectivity index (χ0v) is 16.5. The highest BCUT2D eigenvalue weighted by Gasteiger charge is 2.21. The fraction of sp³-hybridized carbons (Fsp3) is 0.0455. The SMILES string of the molecule is COc1ccc2c(c1)sc1nc(Nc3ccccc3)nc(Nc3ccccc3)[n+]12. The molecule has 0 radical (unpaired) electrons. The summed E-state index contributed by atoms with van der Waals surface area (Å²) in [5.74, 6) is 2.04. The first kappa shape index (κ1) is 17.4. The Bertz CT molecular complexity index is 1290. The van der Waals surface area contributed by atoms with Gasteiger partial charge in [-0.25, -0.2) is 0 Å². The minimum Gasteiger partial charge on any atom is -0.497 e. The number of methoxy groups -OCH3 is 1. The summed E-state index contributed by atoms with van der Waals surface area (Å²) in [5.41, 5.74) is 2.92. The summed E-state index contributed by atoms with van der Waals surface area (Å²) >= 11 is 1.59. The third-order valence-electron chi connectivity index (χ3n) is 4.49. The Hall–Kier alpha value is -3.71. The van der Waals surface area contributed by atoms with Crippen LogP contribution in [0.4, 0.5) is 23.3 Å². The van der Waals surface area contributed by atoms with Gasteiger partial charge in [-0.2, -0.15) is 4.40 Å². The van der Waals surface area contributed by atoms with Gasteiger partial charge >= 0.3 is 16.9 Å². The van der Waals surface area contributed by atoms with E-state index in [9.17, 15) is 0 Å². The Balaban J connectivity index is 1.68. The molecule has 7 heteroatoms. The predicted octanol–water partition coefficient (Wildman–Crippen LogP) is 4.93. The first-order chi connectivity index (χ1) is 14.3. The summed E-state index contributed by atoms with van der Waals surface area (Å²) < 4.78 is 8.49. The van der Waals surface area contributed by atoms with Crippen LogP contribution >= 0.6 is 11.3 Å². The highest BCUT2D eigenvalue weighted by Crippen LogP contribution is 2.27. The largest absolute Gasteiger partial charge is 0.497 e. The molecular weight excluding hydrogens is 382 g/mol. The molecule has 0 spiro atoms. The van der Waals surface area contributed by atoms with Crippen LogP contribution in [0.2, 0.25) is 0 Å². The van der Waals surface area contributed by atoms with Crippen molar-refractivity contribution in [1.82, 2.24) is 9.97 Å². The van der Waals surface area contributed by atoms with E-state index >= 15 is 0 Å². The quantitative estimate of drug-likeness (QED) is 0.410. The van der Waals surface area contributed by atoms with Crippen molar-refractivity contribution in [1.29, 1.82) is 0 Å². The molecule has 142 valence electrons. The van der Waals surface area contributed by atoms with Crippen LogP contribution in [0.15, 0.2) is 78.9 Å². The minimum absolute atomic E-state index is 0.535. The molecule has 29 heavy (non-hydrogen) atoms. The van der Waals surface area contributed by atoms with Crippen LogP contribution < -0.4 is 19.8 Å². The molecule has 0 amide bonds. The Morgan fingerprint density at radius 2 is 1.52 bits per heavy atom. The van der Waals surface area contributed by atoms with Crippen molar-refractivity contribution in [3.63, 3.8) is 0 Å². The topological polar surface area (TPSA) is 63.2 Å². The lowest BCUT2D eigenvalue weighted by molar-refractivity contribution is -0.467. The first-order valence-electron chi connectivity index (χ1n) is 9.15. The fourth-order valence-electron chi connectivity index (χ4n) is 3.12. The van der Waals surface area contributed by atoms with Gasteiger partial charge in [0.05, 0.1) is 17.5 Å². The average Bonchev–Trinajstić information content (AvgIpc) is 3.12. The number of hydrogen-bond donors (Lipinski definition) is 2. The Morgan fingerprint density at radius 1 is 0.828 bits per heavy atom. The van der Waals surface area contributed by atoms with E-state index in [1.54, 1.807) is 18.4 Å². The third-order valence-corrected chi connectivity index (χ3v) is 5.49. The van der Waals surface area contributed by atoms with Gasteiger partial charge in [0, 0.05) is 11.8 Å². The Labute approximate surface area is 171 Å². The van der Waals surface area contributed by atoms with Crippen LogP contribution in [0.3, 0.4) is 0 Å². The maximum absolute atomic E-state index is 5.38. The van der Waals surface area contributed by atoms with Gasteiger partial charge in [-0.3, -0.25) is 5.32 Å². The monoisotopic (exact) mass is 400 g/mol. The molecule has 5 aromatic rings. The molecule has 0 saturated heterocycles. The summed E-state index contributed by atoms with van der Waals surface area (Å²) in [7, 11) is 1.67. The van der Waals surface area contributed by atoms with Gasteiger partial charge in [0.2, 0.25) is 0 Å². The van der Waals surface area contributed by atoms with Crippen LogP contribution in [0.1, 0.15) is 0 Å². The molecule has 6 nitrogen and oxygen atoms in total. The van der Waals surface area contributed by atoms with E-state index in [0.29, 0.717) is 11.9 Å². The van der Waals surface area contributed by atoms with E-state index in [0.717, 1.165) is 32.3 Å². The number of nitrogens with zero attached hydrogens (tertiary/aromatic N) is 3. The van der Waals surface area contributed by atoms with Crippen LogP contribution in [-0.4, -0.2) is 17.1 Å². The highest BCUT2D eigenvalue weighted by molar-refractivity contribution is 7.22. The smallest absolute Gasteiger partial charge is 0.362 e. The average molecular weight is 400 g/mol. The standard InChI is InChI=1S/C22H17N5OS/c1-28-17-12-13-18-19(14-17)29-22-26-20(23-15-8-4-2-5-9-15)25-21(27(18)22)24-16-10-6-3-7-11-16/h2-14H,1H3,(H,23,24,25)/p+1. The normalized spacial score (nSPS) is 10.9. The summed E-state index contributed by atoms with van der Waals surface area (Å²) in [6.07, 6.45) is 0. The Morgan fingerprint density at radius 3 is 2.21 bits per heavy atom. The van der Waals surface area contributed by atoms with Gasteiger partial charge in [-0.1, -0.05) is 57.7 Å². The number of ether oxygens (including phenoxy) is 1. The van der Waals surface area contributed by atoms with Crippen molar-refractivity contribution < 1.29 is 9.14 Å². The number of thiazole rings is 1. The van der Waals surface area contributed by atoms with Crippen molar-refractivity contribution >= 4 is 49.8 Å². The number of aromatic nitrogens is 3. The molecule has 2 heterocycles. The second-order valence-corrected chi connectivity index (χ2v) is 7.42. The van der Waals surface area contributed by atoms with Gasteiger partial charge in [0.1, 0.15) is 11.3 Å². The first-order valence-corrected chi connectivity index (χ1v) is 9.96. The van der Waals surface area contributed by atoms with Gasteiger partial charge in [0.25, 0.3) is 0 Å². The molecule has 0 aliphatic carbocycles. The molecule has 3 aromatic carbocycles. The van der Waals surface area contributed by atoms with Gasteiger partial charge in [0.15, 0.2) is 0 Å². The molecule has 0 aliphatic heterocycles. The van der Waals surface area contributed by atoms with Gasteiger partial charge in [-0.15, -0.1) is 0 Å². The minimum atomic E-state index is 0.535. The number of para-hydroxylation sites is 2. The summed E-state index contributed by atoms with van der Waals surface area (Å²) in [4.78, 5) is 10.3. The molecule has 0 fully saturated rings. The van der Waals surface area contributed by atoms with E-state index in [2.05, 4.69) is 10.6 Å². The molecule has 5 rings (SSSR count). The van der Waals surface area contributed by atoms with Crippen molar-refractivity contribution in [2.45, 2.75) is 0 Å². The second kappa shape index (κ2) is 7.37. The highest BCUT2D eigenvalue weighted by atomic mass is 32.1.